The summed E-state index contributed by atoms with van der Waals surface area (Å²) in [6.07, 6.45) is 8.45. The molecule has 1 aliphatic carbocycles. The Hall–Kier alpha value is -2.37. The van der Waals surface area contributed by atoms with Gasteiger partial charge >= 0.3 is 0 Å². The first-order valence-electron chi connectivity index (χ1n) is 11.2. The number of nitrogens with zero attached hydrogens (tertiary/aromatic N) is 3. The number of piperidine rings is 1. The lowest BCUT2D eigenvalue weighted by Crippen LogP contribution is -2.45. The number of fused-ring (bicyclic) bond motifs is 1. The highest BCUT2D eigenvalue weighted by molar-refractivity contribution is 5.38. The monoisotopic (exact) mass is 404 g/mol. The van der Waals surface area contributed by atoms with Crippen LogP contribution < -0.4 is 5.32 Å². The highest BCUT2D eigenvalue weighted by Crippen LogP contribution is 2.41. The Bertz CT molecular complexity index is 952. The summed E-state index contributed by atoms with van der Waals surface area (Å²) < 4.78 is 7.67. The minimum atomic E-state index is 0.261. The van der Waals surface area contributed by atoms with E-state index in [4.69, 9.17) is 9.52 Å². The van der Waals surface area contributed by atoms with E-state index in [0.717, 1.165) is 43.9 Å². The van der Waals surface area contributed by atoms with Crippen molar-refractivity contribution in [1.29, 1.82) is 0 Å². The van der Waals surface area contributed by atoms with E-state index in [1.54, 1.807) is 6.26 Å². The second-order valence-electron chi connectivity index (χ2n) is 9.69. The summed E-state index contributed by atoms with van der Waals surface area (Å²) in [5.74, 6) is 1.06. The first-order chi connectivity index (χ1) is 14.6. The van der Waals surface area contributed by atoms with Crippen LogP contribution in [0.25, 0.3) is 5.69 Å². The maximum Gasteiger partial charge on any atom is 0.117 e. The van der Waals surface area contributed by atoms with E-state index < -0.39 is 0 Å². The molecule has 0 amide bonds. The van der Waals surface area contributed by atoms with Gasteiger partial charge in [-0.15, -0.1) is 0 Å². The zero-order valence-corrected chi connectivity index (χ0v) is 18.1. The van der Waals surface area contributed by atoms with Crippen LogP contribution >= 0.6 is 0 Å². The predicted molar refractivity (Wildman–Crippen MR) is 119 cm³/mol. The molecule has 0 bridgehead atoms. The smallest absolute Gasteiger partial charge is 0.117 e. The summed E-state index contributed by atoms with van der Waals surface area (Å²) in [5, 5.41) is 8.80. The van der Waals surface area contributed by atoms with Gasteiger partial charge in [0, 0.05) is 36.4 Å². The molecule has 0 saturated carbocycles. The lowest BCUT2D eigenvalue weighted by atomic mass is 9.74. The molecule has 1 saturated heterocycles. The quantitative estimate of drug-likeness (QED) is 0.668. The van der Waals surface area contributed by atoms with Crippen LogP contribution in [-0.2, 0) is 13.0 Å². The second kappa shape index (κ2) is 8.05. The summed E-state index contributed by atoms with van der Waals surface area (Å²) in [4.78, 5) is 2.50. The molecule has 0 radical (unpaired) electrons. The van der Waals surface area contributed by atoms with Gasteiger partial charge in [0.2, 0.25) is 0 Å². The number of para-hydroxylation sites is 1. The van der Waals surface area contributed by atoms with Crippen molar-refractivity contribution in [3.8, 4) is 5.69 Å². The second-order valence-corrected chi connectivity index (χ2v) is 9.69. The van der Waals surface area contributed by atoms with E-state index in [9.17, 15) is 0 Å². The first-order valence-corrected chi connectivity index (χ1v) is 11.2. The van der Waals surface area contributed by atoms with Crippen LogP contribution in [0, 0.1) is 5.41 Å². The van der Waals surface area contributed by atoms with Gasteiger partial charge in [-0.3, -0.25) is 4.90 Å². The Labute approximate surface area is 179 Å². The van der Waals surface area contributed by atoms with E-state index >= 15 is 0 Å². The first kappa shape index (κ1) is 19.6. The Morgan fingerprint density at radius 3 is 2.63 bits per heavy atom. The van der Waals surface area contributed by atoms with Crippen molar-refractivity contribution in [2.24, 2.45) is 5.41 Å². The molecule has 158 valence electrons. The maximum absolute atomic E-state index is 5.52. The topological polar surface area (TPSA) is 46.2 Å². The van der Waals surface area contributed by atoms with E-state index in [0.29, 0.717) is 12.1 Å². The molecule has 2 aromatic heterocycles. The molecule has 1 aromatic carbocycles. The van der Waals surface area contributed by atoms with E-state index in [1.165, 1.54) is 24.1 Å². The Kier molecular flexibility index (Phi) is 5.25. The van der Waals surface area contributed by atoms with Crippen LogP contribution in [0.15, 0.2) is 59.3 Å². The highest BCUT2D eigenvalue weighted by atomic mass is 16.3. The van der Waals surface area contributed by atoms with Crippen molar-refractivity contribution in [1.82, 2.24) is 20.0 Å². The third kappa shape index (κ3) is 4.09. The van der Waals surface area contributed by atoms with Crippen LogP contribution in [0.1, 0.15) is 56.2 Å². The maximum atomic E-state index is 5.52. The van der Waals surface area contributed by atoms with E-state index in [2.05, 4.69) is 71.3 Å². The van der Waals surface area contributed by atoms with Crippen LogP contribution in [0.4, 0.5) is 0 Å². The van der Waals surface area contributed by atoms with Crippen molar-refractivity contribution < 1.29 is 4.42 Å². The lowest BCUT2D eigenvalue weighted by molar-refractivity contribution is 0.161. The minimum absolute atomic E-state index is 0.261. The summed E-state index contributed by atoms with van der Waals surface area (Å²) >= 11 is 0. The largest absolute Gasteiger partial charge is 0.468 e. The molecule has 3 heterocycles. The van der Waals surface area contributed by atoms with Gasteiger partial charge in [-0.2, -0.15) is 5.10 Å². The Morgan fingerprint density at radius 1 is 1.10 bits per heavy atom. The number of hydrogen-bond acceptors (Lipinski definition) is 4. The summed E-state index contributed by atoms with van der Waals surface area (Å²) in [6, 6.07) is 15.5. The fourth-order valence-corrected chi connectivity index (χ4v) is 5.15. The standard InChI is InChI=1S/C25H32N4O/c1-25(2)15-23(22-17-26-29(24(22)16-25)20-7-4-3-5-8-20)27-19-10-12-28(13-11-19)18-21-9-6-14-30-21/h3-9,14,17,19,23,27H,10-13,15-16,18H2,1-2H3. The van der Waals surface area contributed by atoms with Crippen molar-refractivity contribution in [2.75, 3.05) is 13.1 Å². The molecule has 2 aliphatic rings. The van der Waals surface area contributed by atoms with E-state index in [1.807, 2.05) is 6.07 Å². The molecule has 1 unspecified atom stereocenters. The average molecular weight is 405 g/mol. The number of rotatable bonds is 5. The third-order valence-corrected chi connectivity index (χ3v) is 6.66. The molecule has 30 heavy (non-hydrogen) atoms. The zero-order valence-electron chi connectivity index (χ0n) is 18.1. The molecule has 1 aliphatic heterocycles. The molecule has 1 fully saturated rings. The number of benzene rings is 1. The highest BCUT2D eigenvalue weighted by Gasteiger charge is 2.36. The molecule has 5 heteroatoms. The van der Waals surface area contributed by atoms with Gasteiger partial charge < -0.3 is 9.73 Å². The fraction of sp³-hybridized carbons (Fsp3) is 0.480. The van der Waals surface area contributed by atoms with Gasteiger partial charge in [0.25, 0.3) is 0 Å². The molecule has 5 nitrogen and oxygen atoms in total. The molecule has 5 rings (SSSR count). The number of aromatic nitrogens is 2. The SMILES string of the molecule is CC1(C)Cc2c(cnn2-c2ccccc2)C(NC2CCN(Cc3ccco3)CC2)C1. The average Bonchev–Trinajstić information content (AvgIpc) is 3.39. The third-order valence-electron chi connectivity index (χ3n) is 6.66. The number of likely N-dealkylation sites (tertiary alicyclic amines) is 1. The van der Waals surface area contributed by atoms with Crippen LogP contribution in [0.5, 0.6) is 0 Å². The van der Waals surface area contributed by atoms with Gasteiger partial charge in [-0.05, 0) is 55.4 Å². The minimum Gasteiger partial charge on any atom is -0.468 e. The fourth-order valence-electron chi connectivity index (χ4n) is 5.15. The van der Waals surface area contributed by atoms with Gasteiger partial charge in [0.1, 0.15) is 5.76 Å². The molecule has 0 spiro atoms. The predicted octanol–water partition coefficient (Wildman–Crippen LogP) is 4.73. The molecule has 3 aromatic rings. The van der Waals surface area contributed by atoms with Gasteiger partial charge in [-0.1, -0.05) is 32.0 Å². The number of hydrogen-bond donors (Lipinski definition) is 1. The molecular weight excluding hydrogens is 372 g/mol. The molecule has 1 atom stereocenters. The Morgan fingerprint density at radius 2 is 1.90 bits per heavy atom. The van der Waals surface area contributed by atoms with Crippen molar-refractivity contribution in [2.45, 2.75) is 58.2 Å². The van der Waals surface area contributed by atoms with E-state index in [-0.39, 0.29) is 5.41 Å². The number of furan rings is 1. The van der Waals surface area contributed by atoms with Crippen molar-refractivity contribution in [3.05, 3.63) is 71.9 Å². The van der Waals surface area contributed by atoms with Gasteiger partial charge in [0.15, 0.2) is 0 Å². The van der Waals surface area contributed by atoms with Crippen LogP contribution in [0.3, 0.4) is 0 Å². The van der Waals surface area contributed by atoms with Crippen LogP contribution in [0.2, 0.25) is 0 Å². The van der Waals surface area contributed by atoms with Crippen molar-refractivity contribution >= 4 is 0 Å². The Balaban J connectivity index is 1.28. The normalized spacial score (nSPS) is 22.1. The lowest BCUT2D eigenvalue weighted by Gasteiger charge is -2.39. The van der Waals surface area contributed by atoms with Crippen LogP contribution in [-0.4, -0.2) is 33.8 Å². The van der Waals surface area contributed by atoms with Gasteiger partial charge in [0.05, 0.1) is 24.7 Å². The number of nitrogens with one attached hydrogen (secondary N) is 1. The zero-order chi connectivity index (χ0) is 20.6. The summed E-state index contributed by atoms with van der Waals surface area (Å²) in [6.45, 7) is 7.93. The molecular formula is C25H32N4O. The van der Waals surface area contributed by atoms with Gasteiger partial charge in [-0.25, -0.2) is 4.68 Å². The summed E-state index contributed by atoms with van der Waals surface area (Å²) in [5.41, 5.74) is 4.17. The summed E-state index contributed by atoms with van der Waals surface area (Å²) in [7, 11) is 0. The van der Waals surface area contributed by atoms with Crippen molar-refractivity contribution in [3.63, 3.8) is 0 Å². The molecule has 1 N–H and O–H groups in total.